The number of aromatic nitrogens is 3. The number of benzene rings is 1. The van der Waals surface area contributed by atoms with Crippen LogP contribution in [0, 0.1) is 6.92 Å². The van der Waals surface area contributed by atoms with Crippen molar-refractivity contribution in [2.75, 3.05) is 10.6 Å². The first-order chi connectivity index (χ1) is 12.1. The molecule has 130 valence electrons. The van der Waals surface area contributed by atoms with Gasteiger partial charge in [0.05, 0.1) is 5.25 Å². The Morgan fingerprint density at radius 2 is 2.12 bits per heavy atom. The lowest BCUT2D eigenvalue weighted by molar-refractivity contribution is -0.115. The lowest BCUT2D eigenvalue weighted by Crippen LogP contribution is -2.22. The monoisotopic (exact) mass is 375 g/mol. The van der Waals surface area contributed by atoms with Gasteiger partial charge in [-0.05, 0) is 19.4 Å². The Balaban J connectivity index is 1.51. The van der Waals surface area contributed by atoms with E-state index in [0.717, 1.165) is 9.47 Å². The predicted octanol–water partition coefficient (Wildman–Crippen LogP) is 3.57. The zero-order chi connectivity index (χ0) is 17.6. The first-order valence-corrected chi connectivity index (χ1v) is 9.32. The molecule has 0 aliphatic heterocycles. The van der Waals surface area contributed by atoms with Gasteiger partial charge in [0.15, 0.2) is 10.2 Å². The Labute approximate surface area is 153 Å². The van der Waals surface area contributed by atoms with Gasteiger partial charge in [-0.3, -0.25) is 4.79 Å². The molecule has 25 heavy (non-hydrogen) atoms. The number of rotatable bonds is 7. The van der Waals surface area contributed by atoms with Crippen LogP contribution in [-0.2, 0) is 11.3 Å². The summed E-state index contributed by atoms with van der Waals surface area (Å²) in [6.45, 7) is 4.26. The number of anilines is 2. The molecule has 7 nitrogen and oxygen atoms in total. The summed E-state index contributed by atoms with van der Waals surface area (Å²) in [5, 5.41) is 18.3. The molecule has 0 spiro atoms. The Kier molecular flexibility index (Phi) is 5.67. The van der Waals surface area contributed by atoms with Crippen LogP contribution in [0.3, 0.4) is 0 Å². The summed E-state index contributed by atoms with van der Waals surface area (Å²) >= 11 is 2.78. The van der Waals surface area contributed by atoms with Gasteiger partial charge in [0, 0.05) is 12.6 Å². The highest BCUT2D eigenvalue weighted by atomic mass is 32.2. The van der Waals surface area contributed by atoms with Crippen molar-refractivity contribution in [1.82, 2.24) is 15.4 Å². The van der Waals surface area contributed by atoms with Crippen molar-refractivity contribution in [3.8, 4) is 0 Å². The van der Waals surface area contributed by atoms with Crippen LogP contribution in [0.2, 0.25) is 0 Å². The van der Waals surface area contributed by atoms with Crippen LogP contribution >= 0.6 is 23.1 Å². The Morgan fingerprint density at radius 3 is 2.84 bits per heavy atom. The van der Waals surface area contributed by atoms with E-state index in [2.05, 4.69) is 26.0 Å². The second kappa shape index (κ2) is 8.13. The maximum absolute atomic E-state index is 12.2. The molecule has 2 aromatic heterocycles. The number of carbonyl (C=O) groups is 1. The van der Waals surface area contributed by atoms with Crippen molar-refractivity contribution in [2.24, 2.45) is 0 Å². The van der Waals surface area contributed by atoms with Crippen molar-refractivity contribution >= 4 is 40.0 Å². The van der Waals surface area contributed by atoms with E-state index in [0.29, 0.717) is 18.1 Å². The number of thioether (sulfide) groups is 1. The van der Waals surface area contributed by atoms with E-state index in [1.165, 1.54) is 28.7 Å². The van der Waals surface area contributed by atoms with Gasteiger partial charge in [0.2, 0.25) is 11.0 Å². The molecule has 9 heteroatoms. The summed E-state index contributed by atoms with van der Waals surface area (Å²) in [6.07, 6.45) is 0. The van der Waals surface area contributed by atoms with Crippen LogP contribution in [0.15, 0.2) is 45.3 Å². The highest BCUT2D eigenvalue weighted by Crippen LogP contribution is 2.29. The number of hydrogen-bond donors (Lipinski definition) is 2. The fourth-order valence-corrected chi connectivity index (χ4v) is 3.85. The van der Waals surface area contributed by atoms with Crippen molar-refractivity contribution in [3.63, 3.8) is 0 Å². The minimum Gasteiger partial charge on any atom is -0.360 e. The number of nitrogens with one attached hydrogen (secondary N) is 2. The lowest BCUT2D eigenvalue weighted by atomic mass is 10.2. The smallest absolute Gasteiger partial charge is 0.238 e. The predicted molar refractivity (Wildman–Crippen MR) is 98.9 cm³/mol. The first-order valence-electron chi connectivity index (χ1n) is 7.62. The van der Waals surface area contributed by atoms with Crippen LogP contribution in [-0.4, -0.2) is 26.5 Å². The third-order valence-electron chi connectivity index (χ3n) is 3.22. The van der Waals surface area contributed by atoms with E-state index < -0.39 is 0 Å². The SMILES string of the molecule is Cc1cc(NC(=O)C(C)Sc2nnc(NCc3ccccc3)s2)no1. The molecule has 0 fully saturated rings. The first kappa shape index (κ1) is 17.4. The van der Waals surface area contributed by atoms with Gasteiger partial charge in [-0.2, -0.15) is 0 Å². The third kappa shape index (κ3) is 5.04. The maximum Gasteiger partial charge on any atom is 0.238 e. The molecule has 2 heterocycles. The Morgan fingerprint density at radius 1 is 1.32 bits per heavy atom. The van der Waals surface area contributed by atoms with Crippen LogP contribution in [0.25, 0.3) is 0 Å². The second-order valence-electron chi connectivity index (χ2n) is 5.28. The number of hydrogen-bond acceptors (Lipinski definition) is 8. The molecule has 1 amide bonds. The average molecular weight is 375 g/mol. The highest BCUT2D eigenvalue weighted by molar-refractivity contribution is 8.02. The second-order valence-corrected chi connectivity index (χ2v) is 7.85. The molecule has 1 unspecified atom stereocenters. The lowest BCUT2D eigenvalue weighted by Gasteiger charge is -2.07. The van der Waals surface area contributed by atoms with E-state index >= 15 is 0 Å². The summed E-state index contributed by atoms with van der Waals surface area (Å²) in [6, 6.07) is 11.7. The van der Waals surface area contributed by atoms with Crippen LogP contribution < -0.4 is 10.6 Å². The molecule has 0 bridgehead atoms. The third-order valence-corrected chi connectivity index (χ3v) is 5.28. The average Bonchev–Trinajstić information content (AvgIpc) is 3.23. The normalized spacial score (nSPS) is 11.9. The zero-order valence-corrected chi connectivity index (χ0v) is 15.4. The minimum absolute atomic E-state index is 0.160. The van der Waals surface area contributed by atoms with E-state index in [-0.39, 0.29) is 11.2 Å². The quantitative estimate of drug-likeness (QED) is 0.610. The van der Waals surface area contributed by atoms with Gasteiger partial charge in [-0.1, -0.05) is 58.6 Å². The maximum atomic E-state index is 12.2. The molecule has 0 saturated carbocycles. The van der Waals surface area contributed by atoms with Crippen LogP contribution in [0.4, 0.5) is 10.9 Å². The van der Waals surface area contributed by atoms with E-state index in [1.807, 2.05) is 37.3 Å². The van der Waals surface area contributed by atoms with E-state index in [4.69, 9.17) is 4.52 Å². The molecular formula is C16H17N5O2S2. The number of aryl methyl sites for hydroxylation is 1. The number of nitrogens with zero attached hydrogens (tertiary/aromatic N) is 3. The van der Waals surface area contributed by atoms with Gasteiger partial charge in [-0.15, -0.1) is 10.2 Å². The summed E-state index contributed by atoms with van der Waals surface area (Å²) in [5.74, 6) is 0.901. The van der Waals surface area contributed by atoms with Crippen molar-refractivity contribution < 1.29 is 9.32 Å². The van der Waals surface area contributed by atoms with Crippen molar-refractivity contribution in [3.05, 3.63) is 47.7 Å². The summed E-state index contributed by atoms with van der Waals surface area (Å²) in [5.41, 5.74) is 1.17. The molecule has 0 aliphatic carbocycles. The molecule has 0 radical (unpaired) electrons. The van der Waals surface area contributed by atoms with Gasteiger partial charge in [0.25, 0.3) is 0 Å². The van der Waals surface area contributed by atoms with E-state index in [1.54, 1.807) is 13.0 Å². The number of amides is 1. The summed E-state index contributed by atoms with van der Waals surface area (Å²) in [7, 11) is 0. The molecule has 0 aliphatic rings. The molecular weight excluding hydrogens is 358 g/mol. The highest BCUT2D eigenvalue weighted by Gasteiger charge is 2.18. The molecule has 1 atom stereocenters. The topological polar surface area (TPSA) is 92.9 Å². The Hall–Kier alpha value is -2.39. The van der Waals surface area contributed by atoms with Gasteiger partial charge < -0.3 is 15.2 Å². The Bertz CT molecular complexity index is 834. The molecule has 2 N–H and O–H groups in total. The fraction of sp³-hybridized carbons (Fsp3) is 0.250. The van der Waals surface area contributed by atoms with E-state index in [9.17, 15) is 4.79 Å². The van der Waals surface area contributed by atoms with Gasteiger partial charge in [-0.25, -0.2) is 0 Å². The van der Waals surface area contributed by atoms with Gasteiger partial charge >= 0.3 is 0 Å². The minimum atomic E-state index is -0.327. The van der Waals surface area contributed by atoms with Crippen LogP contribution in [0.5, 0.6) is 0 Å². The fourth-order valence-electron chi connectivity index (χ4n) is 1.96. The van der Waals surface area contributed by atoms with Crippen molar-refractivity contribution in [2.45, 2.75) is 30.0 Å². The standard InChI is InChI=1S/C16H17N5O2S2/c1-10-8-13(21-23-10)18-14(22)11(2)24-16-20-19-15(25-16)17-9-12-6-4-3-5-7-12/h3-8,11H,9H2,1-2H3,(H,17,19)(H,18,21,22). The molecule has 3 aromatic rings. The summed E-state index contributed by atoms with van der Waals surface area (Å²) in [4.78, 5) is 12.2. The van der Waals surface area contributed by atoms with Gasteiger partial charge in [0.1, 0.15) is 5.76 Å². The molecule has 1 aromatic carbocycles. The largest absolute Gasteiger partial charge is 0.360 e. The molecule has 0 saturated heterocycles. The number of carbonyl (C=O) groups excluding carboxylic acids is 1. The van der Waals surface area contributed by atoms with Crippen LogP contribution in [0.1, 0.15) is 18.2 Å². The summed E-state index contributed by atoms with van der Waals surface area (Å²) < 4.78 is 5.66. The molecule has 3 rings (SSSR count). The van der Waals surface area contributed by atoms with Crippen molar-refractivity contribution in [1.29, 1.82) is 0 Å². The zero-order valence-electron chi connectivity index (χ0n) is 13.7.